The van der Waals surface area contributed by atoms with Crippen LogP contribution >= 0.6 is 34.8 Å². The Morgan fingerprint density at radius 1 is 1.20 bits per heavy atom. The SMILES string of the molecule is CCOC(=O)/C(C(=[NH2+])c1c(Cl)cc(Cl)cc1Cl)=C(/O)C1(NC(=O)OC(C)(C)C)CC1. The summed E-state index contributed by atoms with van der Waals surface area (Å²) in [5.74, 6) is -1.33. The van der Waals surface area contributed by atoms with Crippen molar-refractivity contribution < 1.29 is 29.6 Å². The topological polar surface area (TPSA) is 110 Å². The normalized spacial score (nSPS) is 15.7. The van der Waals surface area contributed by atoms with E-state index in [2.05, 4.69) is 5.32 Å². The molecule has 1 aromatic carbocycles. The summed E-state index contributed by atoms with van der Waals surface area (Å²) in [6.07, 6.45) is 0.00283. The molecule has 0 aliphatic heterocycles. The molecule has 2 rings (SSSR count). The van der Waals surface area contributed by atoms with E-state index in [1.54, 1.807) is 27.7 Å². The lowest BCUT2D eigenvalue weighted by molar-refractivity contribution is -0.140. The van der Waals surface area contributed by atoms with Crippen LogP contribution in [0.4, 0.5) is 4.79 Å². The third kappa shape index (κ3) is 5.59. The maximum Gasteiger partial charge on any atom is 0.408 e. The first-order valence-corrected chi connectivity index (χ1v) is 10.3. The number of aliphatic hydroxyl groups excluding tert-OH is 1. The molecule has 0 aromatic heterocycles. The van der Waals surface area contributed by atoms with Crippen molar-refractivity contribution in [2.24, 2.45) is 0 Å². The predicted molar refractivity (Wildman–Crippen MR) is 115 cm³/mol. The van der Waals surface area contributed by atoms with E-state index in [-0.39, 0.29) is 38.5 Å². The van der Waals surface area contributed by atoms with Gasteiger partial charge in [0.1, 0.15) is 16.9 Å². The molecule has 164 valence electrons. The highest BCUT2D eigenvalue weighted by Gasteiger charge is 2.52. The number of hydrogen-bond donors (Lipinski definition) is 3. The number of nitrogens with two attached hydrogens (primary N) is 1. The number of carbonyl (C=O) groups excluding carboxylic acids is 2. The van der Waals surface area contributed by atoms with Gasteiger partial charge in [-0.15, -0.1) is 0 Å². The van der Waals surface area contributed by atoms with E-state index < -0.39 is 29.0 Å². The van der Waals surface area contributed by atoms with Crippen molar-refractivity contribution in [3.63, 3.8) is 0 Å². The average molecular weight is 479 g/mol. The minimum atomic E-state index is -1.21. The van der Waals surface area contributed by atoms with E-state index in [9.17, 15) is 14.7 Å². The number of halogens is 3. The van der Waals surface area contributed by atoms with Gasteiger partial charge in [0.15, 0.2) is 5.57 Å². The molecule has 10 heteroatoms. The molecule has 0 atom stereocenters. The van der Waals surface area contributed by atoms with Crippen molar-refractivity contribution in [3.8, 4) is 0 Å². The molecule has 1 fully saturated rings. The number of esters is 1. The predicted octanol–water partition coefficient (Wildman–Crippen LogP) is 3.63. The summed E-state index contributed by atoms with van der Waals surface area (Å²) in [4.78, 5) is 24.9. The molecular weight excluding hydrogens is 455 g/mol. The second-order valence-corrected chi connectivity index (χ2v) is 9.06. The Kier molecular flexibility index (Phi) is 7.32. The number of rotatable bonds is 6. The summed E-state index contributed by atoms with van der Waals surface area (Å²) >= 11 is 18.4. The summed E-state index contributed by atoms with van der Waals surface area (Å²) in [6.45, 7) is 6.78. The number of nitrogens with one attached hydrogen (secondary N) is 1. The van der Waals surface area contributed by atoms with Gasteiger partial charge in [-0.25, -0.2) is 9.59 Å². The molecule has 7 nitrogen and oxygen atoms in total. The standard InChI is InChI=1S/C20H23Cl3N2O5/c1-5-29-17(27)14(15(24)13-11(22)8-10(21)9-12(13)23)16(26)20(6-7-20)25-18(28)30-19(2,3)4/h8-9,24,26H,5-7H2,1-4H3,(H,25,28)/p+1/b16-14+,24-15?. The maximum absolute atomic E-state index is 12.7. The van der Waals surface area contributed by atoms with E-state index >= 15 is 0 Å². The minimum Gasteiger partial charge on any atom is -0.509 e. The number of aliphatic hydroxyl groups is 1. The zero-order valence-electron chi connectivity index (χ0n) is 17.1. The van der Waals surface area contributed by atoms with Crippen molar-refractivity contribution in [2.45, 2.75) is 51.7 Å². The number of alkyl carbamates (subject to hydrolysis) is 1. The fourth-order valence-corrected chi connectivity index (χ4v) is 3.77. The number of benzene rings is 1. The lowest BCUT2D eigenvalue weighted by Crippen LogP contribution is -2.47. The molecule has 0 saturated heterocycles. The monoisotopic (exact) mass is 477 g/mol. The van der Waals surface area contributed by atoms with Crippen LogP contribution in [-0.4, -0.2) is 40.6 Å². The number of hydrogen-bond acceptors (Lipinski definition) is 5. The van der Waals surface area contributed by atoms with Gasteiger partial charge >= 0.3 is 12.1 Å². The zero-order chi connectivity index (χ0) is 22.9. The van der Waals surface area contributed by atoms with Crippen molar-refractivity contribution >= 4 is 52.6 Å². The van der Waals surface area contributed by atoms with Gasteiger partial charge in [-0.1, -0.05) is 34.8 Å². The Labute approximate surface area is 189 Å². The Bertz CT molecular complexity index is 895. The third-order valence-electron chi connectivity index (χ3n) is 4.21. The van der Waals surface area contributed by atoms with E-state index in [1.807, 2.05) is 0 Å². The number of ether oxygens (including phenoxy) is 2. The second-order valence-electron chi connectivity index (χ2n) is 7.81. The van der Waals surface area contributed by atoms with Crippen LogP contribution in [0, 0.1) is 0 Å². The van der Waals surface area contributed by atoms with Crippen LogP contribution in [-0.2, 0) is 14.3 Å². The van der Waals surface area contributed by atoms with Crippen LogP contribution in [0.5, 0.6) is 0 Å². The molecule has 0 unspecified atom stereocenters. The van der Waals surface area contributed by atoms with E-state index in [4.69, 9.17) is 49.7 Å². The van der Waals surface area contributed by atoms with E-state index in [1.165, 1.54) is 12.1 Å². The van der Waals surface area contributed by atoms with Crippen LogP contribution in [0.2, 0.25) is 15.1 Å². The van der Waals surface area contributed by atoms with Crippen LogP contribution in [0.3, 0.4) is 0 Å². The molecule has 1 aromatic rings. The highest BCUT2D eigenvalue weighted by atomic mass is 35.5. The Hall–Kier alpha value is -1.96. The highest BCUT2D eigenvalue weighted by Crippen LogP contribution is 2.43. The molecular formula is C20H24Cl3N2O5+. The molecule has 0 radical (unpaired) electrons. The fraction of sp³-hybridized carbons (Fsp3) is 0.450. The zero-order valence-corrected chi connectivity index (χ0v) is 19.3. The fourth-order valence-electron chi connectivity index (χ4n) is 2.75. The van der Waals surface area contributed by atoms with Gasteiger partial charge in [0.2, 0.25) is 5.71 Å². The largest absolute Gasteiger partial charge is 0.509 e. The van der Waals surface area contributed by atoms with Gasteiger partial charge in [0, 0.05) is 5.02 Å². The summed E-state index contributed by atoms with van der Waals surface area (Å²) in [5.41, 5.74) is -2.36. The first kappa shape index (κ1) is 24.3. The van der Waals surface area contributed by atoms with E-state index in [0.717, 1.165) is 0 Å². The second kappa shape index (κ2) is 9.04. The quantitative estimate of drug-likeness (QED) is 0.250. The molecule has 0 bridgehead atoms. The molecule has 0 heterocycles. The van der Waals surface area contributed by atoms with Crippen LogP contribution in [0.1, 0.15) is 46.1 Å². The molecule has 0 spiro atoms. The highest BCUT2D eigenvalue weighted by molar-refractivity contribution is 6.44. The molecule has 1 aliphatic rings. The lowest BCUT2D eigenvalue weighted by atomic mass is 9.97. The summed E-state index contributed by atoms with van der Waals surface area (Å²) < 4.78 is 10.3. The summed E-state index contributed by atoms with van der Waals surface area (Å²) in [6, 6.07) is 2.81. The molecule has 30 heavy (non-hydrogen) atoms. The summed E-state index contributed by atoms with van der Waals surface area (Å²) in [5, 5.41) is 20.3. The smallest absolute Gasteiger partial charge is 0.408 e. The van der Waals surface area contributed by atoms with E-state index in [0.29, 0.717) is 12.8 Å². The van der Waals surface area contributed by atoms with Gasteiger partial charge in [0.25, 0.3) is 0 Å². The molecule has 4 N–H and O–H groups in total. The van der Waals surface area contributed by atoms with Crippen molar-refractivity contribution in [3.05, 3.63) is 44.1 Å². The average Bonchev–Trinajstić information content (AvgIpc) is 3.33. The van der Waals surface area contributed by atoms with Gasteiger partial charge in [-0.3, -0.25) is 5.41 Å². The lowest BCUT2D eigenvalue weighted by Gasteiger charge is -2.24. The summed E-state index contributed by atoms with van der Waals surface area (Å²) in [7, 11) is 0. The Morgan fingerprint density at radius 3 is 2.17 bits per heavy atom. The van der Waals surface area contributed by atoms with Gasteiger partial charge in [-0.2, -0.15) is 0 Å². The van der Waals surface area contributed by atoms with Gasteiger partial charge in [0.05, 0.1) is 22.2 Å². The number of amides is 1. The van der Waals surface area contributed by atoms with Gasteiger partial charge in [-0.05, 0) is 52.7 Å². The molecule has 1 saturated carbocycles. The van der Waals surface area contributed by atoms with Crippen LogP contribution in [0.15, 0.2) is 23.5 Å². The van der Waals surface area contributed by atoms with Crippen molar-refractivity contribution in [1.29, 1.82) is 0 Å². The molecule has 1 amide bonds. The Balaban J connectivity index is 2.51. The van der Waals surface area contributed by atoms with Crippen LogP contribution < -0.4 is 10.7 Å². The van der Waals surface area contributed by atoms with Crippen molar-refractivity contribution in [1.82, 2.24) is 5.32 Å². The van der Waals surface area contributed by atoms with Crippen molar-refractivity contribution in [2.75, 3.05) is 6.61 Å². The maximum atomic E-state index is 12.7. The molecule has 1 aliphatic carbocycles. The first-order valence-electron chi connectivity index (χ1n) is 9.21. The van der Waals surface area contributed by atoms with Crippen LogP contribution in [0.25, 0.3) is 0 Å². The van der Waals surface area contributed by atoms with Gasteiger partial charge < -0.3 is 19.9 Å². The Morgan fingerprint density at radius 2 is 1.73 bits per heavy atom. The minimum absolute atomic E-state index is 0.0392. The first-order chi connectivity index (χ1) is 13.8. The number of carbonyl (C=O) groups is 2. The third-order valence-corrected chi connectivity index (χ3v) is 5.02.